The smallest absolute Gasteiger partial charge is 0.234 e. The highest BCUT2D eigenvalue weighted by molar-refractivity contribution is 14.0. The van der Waals surface area contributed by atoms with Gasteiger partial charge in [0.05, 0.1) is 6.54 Å². The van der Waals surface area contributed by atoms with Gasteiger partial charge in [-0.3, -0.25) is 14.7 Å². The van der Waals surface area contributed by atoms with Crippen LogP contribution in [0.3, 0.4) is 0 Å². The number of halogens is 3. The molecule has 6 nitrogen and oxygen atoms in total. The van der Waals surface area contributed by atoms with Crippen LogP contribution in [0.25, 0.3) is 0 Å². The van der Waals surface area contributed by atoms with Gasteiger partial charge < -0.3 is 15.5 Å². The Morgan fingerprint density at radius 3 is 2.55 bits per heavy atom. The maximum Gasteiger partial charge on any atom is 0.234 e. The Balaban J connectivity index is 0.00000300. The number of benzene rings is 1. The lowest BCUT2D eigenvalue weighted by molar-refractivity contribution is -0.122. The topological polar surface area (TPSA) is 60.0 Å². The number of aryl methyl sites for hydroxylation is 1. The second kappa shape index (κ2) is 12.2. The summed E-state index contributed by atoms with van der Waals surface area (Å²) in [6.45, 7) is 4.82. The molecule has 1 aliphatic heterocycles. The van der Waals surface area contributed by atoms with Gasteiger partial charge in [0.25, 0.3) is 0 Å². The zero-order valence-electron chi connectivity index (χ0n) is 16.8. The number of piperazine rings is 1. The first kappa shape index (κ1) is 24.5. The van der Waals surface area contributed by atoms with Crippen LogP contribution in [0.4, 0.5) is 0 Å². The zero-order valence-corrected chi connectivity index (χ0v) is 20.6. The zero-order chi connectivity index (χ0) is 19.9. The van der Waals surface area contributed by atoms with Crippen molar-refractivity contribution < 1.29 is 4.79 Å². The van der Waals surface area contributed by atoms with E-state index in [2.05, 4.69) is 25.4 Å². The van der Waals surface area contributed by atoms with Crippen molar-refractivity contribution in [3.05, 3.63) is 33.8 Å². The van der Waals surface area contributed by atoms with Gasteiger partial charge in [0.2, 0.25) is 5.91 Å². The number of rotatable bonds is 7. The van der Waals surface area contributed by atoms with Crippen molar-refractivity contribution in [2.75, 3.05) is 46.3 Å². The first-order valence-corrected chi connectivity index (χ1v) is 10.7. The normalized spacial score (nSPS) is 17.6. The Morgan fingerprint density at radius 2 is 1.93 bits per heavy atom. The van der Waals surface area contributed by atoms with Crippen LogP contribution >= 0.6 is 47.2 Å². The lowest BCUT2D eigenvalue weighted by atomic mass is 10.1. The van der Waals surface area contributed by atoms with Gasteiger partial charge in [-0.25, -0.2) is 0 Å². The maximum absolute atomic E-state index is 11.9. The first-order valence-electron chi connectivity index (χ1n) is 9.96. The van der Waals surface area contributed by atoms with Gasteiger partial charge in [-0.05, 0) is 43.4 Å². The van der Waals surface area contributed by atoms with E-state index in [9.17, 15) is 4.79 Å². The molecule has 1 aromatic carbocycles. The molecule has 2 N–H and O–H groups in total. The number of hydrogen-bond donors (Lipinski definition) is 2. The van der Waals surface area contributed by atoms with Crippen LogP contribution in [0.2, 0.25) is 10.0 Å². The van der Waals surface area contributed by atoms with Crippen LogP contribution in [-0.4, -0.2) is 74.0 Å². The predicted octanol–water partition coefficient (Wildman–Crippen LogP) is 3.02. The van der Waals surface area contributed by atoms with Crippen LogP contribution in [-0.2, 0) is 11.2 Å². The number of carbonyl (C=O) groups is 1. The number of carbonyl (C=O) groups excluding carboxylic acids is 1. The van der Waals surface area contributed by atoms with E-state index in [-0.39, 0.29) is 29.9 Å². The summed E-state index contributed by atoms with van der Waals surface area (Å²) in [5, 5.41) is 7.88. The van der Waals surface area contributed by atoms with Gasteiger partial charge >= 0.3 is 0 Å². The van der Waals surface area contributed by atoms with Gasteiger partial charge in [-0.2, -0.15) is 0 Å². The molecule has 1 aromatic rings. The fourth-order valence-electron chi connectivity index (χ4n) is 3.36. The average Bonchev–Trinajstić information content (AvgIpc) is 3.48. The number of hydrogen-bond acceptors (Lipinski definition) is 3. The van der Waals surface area contributed by atoms with Crippen molar-refractivity contribution in [3.63, 3.8) is 0 Å². The predicted molar refractivity (Wildman–Crippen MR) is 131 cm³/mol. The molecular weight excluding hydrogens is 524 g/mol. The summed E-state index contributed by atoms with van der Waals surface area (Å²) in [5.41, 5.74) is 1.11. The third-order valence-corrected chi connectivity index (χ3v) is 5.70. The molecule has 1 aliphatic carbocycles. The van der Waals surface area contributed by atoms with Crippen molar-refractivity contribution >= 4 is 59.0 Å². The minimum Gasteiger partial charge on any atom is -0.356 e. The van der Waals surface area contributed by atoms with Crippen LogP contribution in [0.5, 0.6) is 0 Å². The molecule has 162 valence electrons. The van der Waals surface area contributed by atoms with Gasteiger partial charge in [0.15, 0.2) is 5.96 Å². The van der Waals surface area contributed by atoms with Crippen molar-refractivity contribution in [1.29, 1.82) is 0 Å². The summed E-state index contributed by atoms with van der Waals surface area (Å²) in [6, 6.07) is 6.08. The molecule has 1 heterocycles. The van der Waals surface area contributed by atoms with E-state index < -0.39 is 0 Å². The highest BCUT2D eigenvalue weighted by Gasteiger charge is 2.25. The van der Waals surface area contributed by atoms with Gasteiger partial charge in [0, 0.05) is 55.9 Å². The standard InChI is InChI=1S/C20H29Cl2N5O.HI/c1-23-20(24-8-2-3-15-4-5-16(21)13-18(15)22)27-11-9-26(10-12-27)14-19(28)25-17-6-7-17;/h4-5,13,17H,2-3,6-12,14H2,1H3,(H,23,24)(H,25,28);1H. The fourth-order valence-corrected chi connectivity index (χ4v) is 3.86. The molecule has 1 saturated heterocycles. The van der Waals surface area contributed by atoms with Crippen LogP contribution in [0.1, 0.15) is 24.8 Å². The summed E-state index contributed by atoms with van der Waals surface area (Å²) in [5.74, 6) is 1.07. The largest absolute Gasteiger partial charge is 0.356 e. The van der Waals surface area contributed by atoms with Gasteiger partial charge in [-0.15, -0.1) is 24.0 Å². The van der Waals surface area contributed by atoms with Crippen LogP contribution < -0.4 is 10.6 Å². The Hall–Kier alpha value is -0.770. The number of aliphatic imine (C=N–C) groups is 1. The van der Waals surface area contributed by atoms with E-state index in [1.807, 2.05) is 19.2 Å². The highest BCUT2D eigenvalue weighted by Crippen LogP contribution is 2.22. The maximum atomic E-state index is 11.9. The molecule has 0 bridgehead atoms. The summed E-state index contributed by atoms with van der Waals surface area (Å²) < 4.78 is 0. The summed E-state index contributed by atoms with van der Waals surface area (Å²) >= 11 is 12.2. The summed E-state index contributed by atoms with van der Waals surface area (Å²) in [7, 11) is 1.81. The molecule has 0 atom stereocenters. The SMILES string of the molecule is CN=C(NCCCc1ccc(Cl)cc1Cl)N1CCN(CC(=O)NC2CC2)CC1.I. The van der Waals surface area contributed by atoms with E-state index in [0.29, 0.717) is 17.6 Å². The number of amides is 1. The minimum absolute atomic E-state index is 0. The lowest BCUT2D eigenvalue weighted by Crippen LogP contribution is -2.54. The monoisotopic (exact) mass is 553 g/mol. The second-order valence-electron chi connectivity index (χ2n) is 7.42. The molecule has 0 aromatic heterocycles. The van der Waals surface area contributed by atoms with Gasteiger partial charge in [0.1, 0.15) is 0 Å². The Morgan fingerprint density at radius 1 is 1.21 bits per heavy atom. The van der Waals surface area contributed by atoms with Crippen molar-refractivity contribution in [1.82, 2.24) is 20.4 Å². The number of nitrogens with zero attached hydrogens (tertiary/aromatic N) is 3. The third kappa shape index (κ3) is 8.11. The number of nitrogens with one attached hydrogen (secondary N) is 2. The molecule has 1 saturated carbocycles. The molecule has 3 rings (SSSR count). The molecule has 2 fully saturated rings. The third-order valence-electron chi connectivity index (χ3n) is 5.11. The summed E-state index contributed by atoms with van der Waals surface area (Å²) in [4.78, 5) is 20.8. The molecule has 9 heteroatoms. The molecule has 2 aliphatic rings. The lowest BCUT2D eigenvalue weighted by Gasteiger charge is -2.36. The molecule has 29 heavy (non-hydrogen) atoms. The Labute approximate surface area is 200 Å². The minimum atomic E-state index is 0. The summed E-state index contributed by atoms with van der Waals surface area (Å²) in [6.07, 6.45) is 4.11. The van der Waals surface area contributed by atoms with Crippen molar-refractivity contribution in [2.24, 2.45) is 4.99 Å². The fraction of sp³-hybridized carbons (Fsp3) is 0.600. The molecule has 0 unspecified atom stereocenters. The quantitative estimate of drug-likeness (QED) is 0.236. The molecular formula is C20H30Cl2IN5O. The van der Waals surface area contributed by atoms with Crippen LogP contribution in [0, 0.1) is 0 Å². The Bertz CT molecular complexity index is 706. The first-order chi connectivity index (χ1) is 13.5. The highest BCUT2D eigenvalue weighted by atomic mass is 127. The van der Waals surface area contributed by atoms with E-state index in [1.165, 1.54) is 0 Å². The van der Waals surface area contributed by atoms with Crippen molar-refractivity contribution in [2.45, 2.75) is 31.7 Å². The molecule has 1 amide bonds. The van der Waals surface area contributed by atoms with Gasteiger partial charge in [-0.1, -0.05) is 29.3 Å². The molecule has 0 radical (unpaired) electrons. The average molecular weight is 554 g/mol. The van der Waals surface area contributed by atoms with E-state index >= 15 is 0 Å². The molecule has 0 spiro atoms. The van der Waals surface area contributed by atoms with E-state index in [1.54, 1.807) is 6.07 Å². The van der Waals surface area contributed by atoms with E-state index in [0.717, 1.165) is 75.0 Å². The number of guanidine groups is 1. The van der Waals surface area contributed by atoms with Crippen LogP contribution in [0.15, 0.2) is 23.2 Å². The Kier molecular flexibility index (Phi) is 10.3. The van der Waals surface area contributed by atoms with Crippen molar-refractivity contribution in [3.8, 4) is 0 Å². The second-order valence-corrected chi connectivity index (χ2v) is 8.26. The van der Waals surface area contributed by atoms with E-state index in [4.69, 9.17) is 23.2 Å².